The maximum Gasteiger partial charge on any atom is 0.673 e. The Morgan fingerprint density at radius 1 is 0.812 bits per heavy atom. The van der Waals surface area contributed by atoms with Gasteiger partial charge in [-0.3, -0.25) is 0 Å². The summed E-state index contributed by atoms with van der Waals surface area (Å²) in [6.45, 7) is 8.28. The van der Waals surface area contributed by atoms with E-state index in [1.165, 1.54) is 24.3 Å². The summed E-state index contributed by atoms with van der Waals surface area (Å²) < 4.78 is 73.4. The van der Waals surface area contributed by atoms with E-state index in [4.69, 9.17) is 4.74 Å². The Morgan fingerprint density at radius 3 is 1.66 bits per heavy atom. The summed E-state index contributed by atoms with van der Waals surface area (Å²) in [5, 5.41) is 0. The van der Waals surface area contributed by atoms with Crippen LogP contribution in [0.3, 0.4) is 0 Å². The molecule has 2 nitrogen and oxygen atoms in total. The molecule has 0 unspecified atom stereocenters. The number of hydrogen-bond acceptors (Lipinski definition) is 1. The number of rotatable bonds is 8. The molecular weight excluding hydrogens is 431 g/mol. The monoisotopic (exact) mass is 457 g/mol. The van der Waals surface area contributed by atoms with E-state index in [9.17, 15) is 26.0 Å². The zero-order valence-electron chi connectivity index (χ0n) is 18.2. The van der Waals surface area contributed by atoms with Gasteiger partial charge < -0.3 is 22.0 Å². The molecule has 2 rings (SSSR count). The minimum absolute atomic E-state index is 0.253. The van der Waals surface area contributed by atoms with Crippen LogP contribution in [0.25, 0.3) is 5.76 Å². The van der Waals surface area contributed by atoms with Gasteiger partial charge in [0, 0.05) is 17.2 Å². The zero-order chi connectivity index (χ0) is 24.1. The van der Waals surface area contributed by atoms with Crippen molar-refractivity contribution in [1.29, 1.82) is 0 Å². The number of hydrogen-bond donors (Lipinski definition) is 0. The van der Waals surface area contributed by atoms with Crippen molar-refractivity contribution < 1.29 is 35.4 Å². The van der Waals surface area contributed by atoms with Gasteiger partial charge in [-0.25, -0.2) is 13.4 Å². The van der Waals surface area contributed by atoms with Crippen molar-refractivity contribution in [3.05, 3.63) is 89.5 Å². The van der Waals surface area contributed by atoms with E-state index < -0.39 is 7.25 Å². The van der Waals surface area contributed by atoms with Gasteiger partial charge in [-0.15, -0.1) is 0 Å². The van der Waals surface area contributed by atoms with Gasteiger partial charge in [0.05, 0.1) is 6.61 Å². The van der Waals surface area contributed by atoms with Crippen molar-refractivity contribution in [3.8, 4) is 0 Å². The van der Waals surface area contributed by atoms with Gasteiger partial charge in [-0.05, 0) is 75.4 Å². The van der Waals surface area contributed by atoms with Crippen LogP contribution >= 0.6 is 0 Å². The summed E-state index contributed by atoms with van der Waals surface area (Å²) in [5.41, 5.74) is 2.77. The summed E-state index contributed by atoms with van der Waals surface area (Å²) in [4.78, 5) is 0. The third kappa shape index (κ3) is 10.4. The first-order valence-electron chi connectivity index (χ1n) is 10.1. The van der Waals surface area contributed by atoms with E-state index in [1.807, 2.05) is 25.2 Å². The first kappa shape index (κ1) is 27.1. The van der Waals surface area contributed by atoms with Gasteiger partial charge in [0.2, 0.25) is 5.71 Å². The molecule has 0 radical (unpaired) electrons. The van der Waals surface area contributed by atoms with E-state index in [0.29, 0.717) is 12.4 Å². The highest BCUT2D eigenvalue weighted by atomic mass is 19.5. The molecule has 0 aromatic heterocycles. The molecule has 0 fully saturated rings. The summed E-state index contributed by atoms with van der Waals surface area (Å²) in [6.07, 6.45) is 5.76. The molecular formula is C23H26BF6NO. The molecule has 9 heteroatoms. The summed E-state index contributed by atoms with van der Waals surface area (Å²) >= 11 is 0. The highest BCUT2D eigenvalue weighted by molar-refractivity contribution is 6.50. The van der Waals surface area contributed by atoms with Crippen molar-refractivity contribution in [3.63, 3.8) is 0 Å². The second-order valence-corrected chi connectivity index (χ2v) is 6.39. The lowest BCUT2D eigenvalue weighted by Crippen LogP contribution is -2.20. The Balaban J connectivity index is 0.000000920. The molecule has 0 saturated carbocycles. The van der Waals surface area contributed by atoms with E-state index in [0.717, 1.165) is 29.9 Å². The topological polar surface area (TPSA) is 12.2 Å². The molecule has 0 spiro atoms. The van der Waals surface area contributed by atoms with Gasteiger partial charge in [-0.2, -0.15) is 0 Å². The van der Waals surface area contributed by atoms with Gasteiger partial charge >= 0.3 is 7.25 Å². The van der Waals surface area contributed by atoms with Crippen LogP contribution in [-0.4, -0.2) is 37.2 Å². The van der Waals surface area contributed by atoms with E-state index >= 15 is 0 Å². The van der Waals surface area contributed by atoms with Crippen LogP contribution < -0.4 is 0 Å². The molecule has 0 atom stereocenters. The van der Waals surface area contributed by atoms with E-state index in [1.54, 1.807) is 24.3 Å². The van der Waals surface area contributed by atoms with Crippen LogP contribution in [0.5, 0.6) is 0 Å². The first-order valence-corrected chi connectivity index (χ1v) is 10.1. The lowest BCUT2D eigenvalue weighted by atomic mass is 10.1. The second-order valence-electron chi connectivity index (χ2n) is 6.39. The molecule has 0 heterocycles. The molecule has 0 aliphatic rings. The third-order valence-electron chi connectivity index (χ3n) is 4.17. The van der Waals surface area contributed by atoms with Gasteiger partial charge in [0.1, 0.15) is 30.5 Å². The molecule has 0 amide bonds. The van der Waals surface area contributed by atoms with Crippen molar-refractivity contribution in [2.24, 2.45) is 0 Å². The Morgan fingerprint density at radius 2 is 1.25 bits per heavy atom. The minimum atomic E-state index is -6.00. The van der Waals surface area contributed by atoms with Crippen molar-refractivity contribution in [2.75, 3.05) is 19.7 Å². The number of halogens is 6. The largest absolute Gasteiger partial charge is 0.673 e. The standard InChI is InChI=1S/C23H26F2NO.BF4/c1-4-26(5-2)22(18-10-14-20(24)15-11-18)8-7-9-23(27-6-3)19-12-16-21(25)17-13-19;2-1(3,4)5/h7-17H,4-6H2,1-3H3;/q+1;-1/b8-7+,23-9+;. The number of allylic oxidation sites excluding steroid dienone is 3. The highest BCUT2D eigenvalue weighted by Gasteiger charge is 2.20. The second kappa shape index (κ2) is 13.4. The molecule has 0 bridgehead atoms. The maximum atomic E-state index is 13.3. The Hall–Kier alpha value is -2.97. The van der Waals surface area contributed by atoms with Gasteiger partial charge in [-0.1, -0.05) is 6.08 Å². The van der Waals surface area contributed by atoms with Crippen LogP contribution in [0.15, 0.2) is 66.8 Å². The van der Waals surface area contributed by atoms with Crippen molar-refractivity contribution >= 4 is 18.7 Å². The highest BCUT2D eigenvalue weighted by Crippen LogP contribution is 2.17. The molecule has 174 valence electrons. The Bertz CT molecular complexity index is 907. The third-order valence-corrected chi connectivity index (χ3v) is 4.17. The maximum absolute atomic E-state index is 13.3. The van der Waals surface area contributed by atoms with Crippen LogP contribution in [0, 0.1) is 11.6 Å². The molecule has 2 aromatic carbocycles. The van der Waals surface area contributed by atoms with E-state index in [2.05, 4.69) is 18.4 Å². The molecule has 0 N–H and O–H groups in total. The molecule has 0 aliphatic heterocycles. The van der Waals surface area contributed by atoms with Crippen LogP contribution in [-0.2, 0) is 4.74 Å². The summed E-state index contributed by atoms with van der Waals surface area (Å²) in [5.74, 6) is 0.141. The van der Waals surface area contributed by atoms with Gasteiger partial charge in [0.15, 0.2) is 0 Å². The smallest absolute Gasteiger partial charge is 0.493 e. The van der Waals surface area contributed by atoms with E-state index in [-0.39, 0.29) is 11.6 Å². The Kier molecular flexibility index (Phi) is 11.4. The minimum Gasteiger partial charge on any atom is -0.493 e. The predicted octanol–water partition coefficient (Wildman–Crippen LogP) is 6.74. The fourth-order valence-electron chi connectivity index (χ4n) is 2.79. The molecule has 0 saturated heterocycles. The fourth-order valence-corrected chi connectivity index (χ4v) is 2.79. The van der Waals surface area contributed by atoms with Gasteiger partial charge in [0.25, 0.3) is 0 Å². The summed E-state index contributed by atoms with van der Waals surface area (Å²) in [7, 11) is -6.00. The number of ether oxygens (including phenoxy) is 1. The van der Waals surface area contributed by atoms with Crippen LogP contribution in [0.1, 0.15) is 31.9 Å². The van der Waals surface area contributed by atoms with Crippen LogP contribution in [0.2, 0.25) is 0 Å². The fraction of sp³-hybridized carbons (Fsp3) is 0.261. The van der Waals surface area contributed by atoms with Crippen molar-refractivity contribution in [1.82, 2.24) is 0 Å². The molecule has 2 aromatic rings. The first-order chi connectivity index (χ1) is 15.1. The zero-order valence-corrected chi connectivity index (χ0v) is 18.2. The van der Waals surface area contributed by atoms with Crippen molar-refractivity contribution in [2.45, 2.75) is 20.8 Å². The Labute approximate surface area is 184 Å². The predicted molar refractivity (Wildman–Crippen MR) is 117 cm³/mol. The summed E-state index contributed by atoms with van der Waals surface area (Å²) in [6, 6.07) is 12.7. The quantitative estimate of drug-likeness (QED) is 0.107. The molecule has 32 heavy (non-hydrogen) atoms. The lowest BCUT2D eigenvalue weighted by Gasteiger charge is -2.08. The number of benzene rings is 2. The molecule has 0 aliphatic carbocycles. The average molecular weight is 457 g/mol. The average Bonchev–Trinajstić information content (AvgIpc) is 2.73. The van der Waals surface area contributed by atoms with Crippen LogP contribution in [0.4, 0.5) is 26.0 Å². The SMILES string of the molecule is CCO/C(=C/C=C/C(c1ccc(F)cc1)=[N+](CC)CC)c1ccc(F)cc1.F[B-](F)(F)F. The normalized spacial score (nSPS) is 11.7. The number of nitrogens with zero attached hydrogens (tertiary/aromatic N) is 1. The lowest BCUT2D eigenvalue weighted by molar-refractivity contribution is -0.519.